The minimum atomic E-state index is -1.63. The third-order valence-corrected chi connectivity index (χ3v) is 6.39. The molecule has 1 fully saturated rings. The quantitative estimate of drug-likeness (QED) is 0.388. The summed E-state index contributed by atoms with van der Waals surface area (Å²) in [6, 6.07) is 10.7. The maximum atomic E-state index is 13.3. The molecule has 35 heavy (non-hydrogen) atoms. The molecule has 2 aromatic rings. The van der Waals surface area contributed by atoms with Crippen molar-refractivity contribution in [3.63, 3.8) is 0 Å². The molecule has 0 aromatic heterocycles. The molecule has 3 amide bonds. The molecule has 1 saturated heterocycles. The van der Waals surface area contributed by atoms with Gasteiger partial charge in [0.2, 0.25) is 5.91 Å². The highest BCUT2D eigenvalue weighted by molar-refractivity contribution is 7.99. The van der Waals surface area contributed by atoms with Crippen LogP contribution in [0.15, 0.2) is 48.5 Å². The third-order valence-electron chi connectivity index (χ3n) is 5.38. The summed E-state index contributed by atoms with van der Waals surface area (Å²) in [6.45, 7) is 5.54. The van der Waals surface area contributed by atoms with E-state index >= 15 is 0 Å². The number of nitrogens with zero attached hydrogens (tertiary/aromatic N) is 1. The van der Waals surface area contributed by atoms with Crippen molar-refractivity contribution in [2.45, 2.75) is 50.9 Å². The number of aliphatic hydroxyl groups is 1. The van der Waals surface area contributed by atoms with Crippen LogP contribution >= 0.6 is 11.8 Å². The number of carbonyl (C=O) groups excluding carboxylic acids is 3. The van der Waals surface area contributed by atoms with Crippen LogP contribution < -0.4 is 10.6 Å². The van der Waals surface area contributed by atoms with Crippen LogP contribution in [0.3, 0.4) is 0 Å². The Balaban J connectivity index is 1.82. The summed E-state index contributed by atoms with van der Waals surface area (Å²) in [6.07, 6.45) is -1.49. The first-order valence-electron chi connectivity index (χ1n) is 11.2. The molecule has 10 heteroatoms. The van der Waals surface area contributed by atoms with E-state index in [0.29, 0.717) is 5.75 Å². The maximum Gasteiger partial charge on any atom is 0.254 e. The van der Waals surface area contributed by atoms with Crippen LogP contribution in [-0.4, -0.2) is 73.3 Å². The van der Waals surface area contributed by atoms with Gasteiger partial charge in [-0.1, -0.05) is 30.3 Å². The lowest BCUT2D eigenvalue weighted by Gasteiger charge is -2.31. The molecular formula is C25H31N3O6S. The Hall–Kier alpha value is -3.24. The molecule has 1 aliphatic heterocycles. The summed E-state index contributed by atoms with van der Waals surface area (Å²) < 4.78 is 0. The first-order valence-corrected chi connectivity index (χ1v) is 12.4. The average molecular weight is 502 g/mol. The van der Waals surface area contributed by atoms with Gasteiger partial charge in [0.05, 0.1) is 11.9 Å². The van der Waals surface area contributed by atoms with Crippen LogP contribution in [0.1, 0.15) is 36.7 Å². The predicted molar refractivity (Wildman–Crippen MR) is 133 cm³/mol. The Morgan fingerprint density at radius 1 is 1.09 bits per heavy atom. The summed E-state index contributed by atoms with van der Waals surface area (Å²) in [5, 5.41) is 36.1. The van der Waals surface area contributed by atoms with Gasteiger partial charge in [0.1, 0.15) is 17.5 Å². The SMILES string of the molecule is CC(C)(C)NC(=O)[C@@H]1CSCN1C(=O)[C@@H](O)[C@H](Cc1ccccc1)NC(=O)c1cc(O)cc(O)c1. The van der Waals surface area contributed by atoms with Gasteiger partial charge in [0, 0.05) is 22.9 Å². The van der Waals surface area contributed by atoms with E-state index in [1.165, 1.54) is 28.8 Å². The van der Waals surface area contributed by atoms with Gasteiger partial charge >= 0.3 is 0 Å². The summed E-state index contributed by atoms with van der Waals surface area (Å²) in [5.74, 6) is -1.60. The topological polar surface area (TPSA) is 139 Å². The van der Waals surface area contributed by atoms with E-state index < -0.39 is 35.5 Å². The van der Waals surface area contributed by atoms with Crippen LogP contribution in [0.25, 0.3) is 0 Å². The van der Waals surface area contributed by atoms with Gasteiger partial charge < -0.3 is 30.9 Å². The zero-order valence-corrected chi connectivity index (χ0v) is 20.7. The van der Waals surface area contributed by atoms with Crippen molar-refractivity contribution < 1.29 is 29.7 Å². The smallest absolute Gasteiger partial charge is 0.254 e. The number of carbonyl (C=O) groups is 3. The van der Waals surface area contributed by atoms with Crippen LogP contribution in [0.5, 0.6) is 11.5 Å². The lowest BCUT2D eigenvalue weighted by Crippen LogP contribution is -2.57. The number of hydrogen-bond acceptors (Lipinski definition) is 7. The van der Waals surface area contributed by atoms with Gasteiger partial charge in [0.25, 0.3) is 11.8 Å². The van der Waals surface area contributed by atoms with Gasteiger partial charge in [-0.05, 0) is 44.9 Å². The number of thioether (sulfide) groups is 1. The minimum Gasteiger partial charge on any atom is -0.508 e. The number of rotatable bonds is 7. The number of phenolic OH excluding ortho intramolecular Hbond substituents is 2. The summed E-state index contributed by atoms with van der Waals surface area (Å²) in [5.41, 5.74) is 0.273. The van der Waals surface area contributed by atoms with Crippen molar-refractivity contribution in [3.05, 3.63) is 59.7 Å². The Morgan fingerprint density at radius 3 is 2.31 bits per heavy atom. The molecule has 9 nitrogen and oxygen atoms in total. The van der Waals surface area contributed by atoms with Crippen molar-refractivity contribution in [1.82, 2.24) is 15.5 Å². The Bertz CT molecular complexity index is 1050. The Kier molecular flexibility index (Phi) is 8.29. The molecule has 5 N–H and O–H groups in total. The Morgan fingerprint density at radius 2 is 1.71 bits per heavy atom. The molecule has 0 radical (unpaired) electrons. The molecule has 1 aliphatic rings. The number of benzene rings is 2. The largest absolute Gasteiger partial charge is 0.508 e. The number of aliphatic hydroxyl groups excluding tert-OH is 1. The predicted octanol–water partition coefficient (Wildman–Crippen LogP) is 1.62. The maximum absolute atomic E-state index is 13.3. The average Bonchev–Trinajstić information content (AvgIpc) is 3.27. The highest BCUT2D eigenvalue weighted by Crippen LogP contribution is 2.24. The fourth-order valence-electron chi connectivity index (χ4n) is 3.76. The van der Waals surface area contributed by atoms with E-state index in [4.69, 9.17) is 0 Å². The summed E-state index contributed by atoms with van der Waals surface area (Å²) in [4.78, 5) is 40.3. The highest BCUT2D eigenvalue weighted by Gasteiger charge is 2.40. The van der Waals surface area contributed by atoms with Crippen LogP contribution in [0, 0.1) is 0 Å². The van der Waals surface area contributed by atoms with Crippen LogP contribution in [0.2, 0.25) is 0 Å². The summed E-state index contributed by atoms with van der Waals surface area (Å²) >= 11 is 1.41. The van der Waals surface area contributed by atoms with Gasteiger partial charge in [0.15, 0.2) is 6.10 Å². The number of phenols is 2. The van der Waals surface area contributed by atoms with Gasteiger partial charge in [-0.25, -0.2) is 0 Å². The second kappa shape index (κ2) is 11.0. The standard InChI is InChI=1S/C25H31N3O6S/c1-25(2,3)27-23(33)20-13-35-14-28(20)24(34)21(31)19(9-15-7-5-4-6-8-15)26-22(32)16-10-17(29)12-18(30)11-16/h4-8,10-12,19-21,29-31H,9,13-14H2,1-3H3,(H,26,32)(H,27,33)/t19-,20-,21-/m0/s1. The fourth-order valence-corrected chi connectivity index (χ4v) is 4.92. The molecule has 0 spiro atoms. The molecule has 0 aliphatic carbocycles. The van der Waals surface area contributed by atoms with E-state index in [0.717, 1.165) is 11.6 Å². The molecule has 2 aromatic carbocycles. The molecule has 0 unspecified atom stereocenters. The zero-order chi connectivity index (χ0) is 25.8. The second-order valence-corrected chi connectivity index (χ2v) is 10.5. The van der Waals surface area contributed by atoms with E-state index in [1.54, 1.807) is 12.1 Å². The van der Waals surface area contributed by atoms with Crippen molar-refractivity contribution in [2.75, 3.05) is 11.6 Å². The minimum absolute atomic E-state index is 0.0284. The normalized spacial score (nSPS) is 17.5. The van der Waals surface area contributed by atoms with Gasteiger partial charge in [-0.15, -0.1) is 11.8 Å². The number of hydrogen-bond donors (Lipinski definition) is 5. The summed E-state index contributed by atoms with van der Waals surface area (Å²) in [7, 11) is 0. The van der Waals surface area contributed by atoms with E-state index in [1.807, 2.05) is 39.0 Å². The van der Waals surface area contributed by atoms with Crippen molar-refractivity contribution in [2.24, 2.45) is 0 Å². The van der Waals surface area contributed by atoms with Gasteiger partial charge in [-0.2, -0.15) is 0 Å². The third kappa shape index (κ3) is 7.12. The first-order chi connectivity index (χ1) is 16.4. The lowest BCUT2D eigenvalue weighted by atomic mass is 9.99. The monoisotopic (exact) mass is 501 g/mol. The molecule has 1 heterocycles. The lowest BCUT2D eigenvalue weighted by molar-refractivity contribution is -0.146. The molecular weight excluding hydrogens is 470 g/mol. The Labute approximate surface area is 208 Å². The molecule has 3 rings (SSSR count). The van der Waals surface area contributed by atoms with Crippen LogP contribution in [-0.2, 0) is 16.0 Å². The molecule has 0 bridgehead atoms. The van der Waals surface area contributed by atoms with Crippen molar-refractivity contribution >= 4 is 29.5 Å². The zero-order valence-electron chi connectivity index (χ0n) is 19.9. The number of nitrogens with one attached hydrogen (secondary N) is 2. The molecule has 0 saturated carbocycles. The van der Waals surface area contributed by atoms with Crippen molar-refractivity contribution in [3.8, 4) is 11.5 Å². The first kappa shape index (κ1) is 26.4. The van der Waals surface area contributed by atoms with Crippen molar-refractivity contribution in [1.29, 1.82) is 0 Å². The highest BCUT2D eigenvalue weighted by atomic mass is 32.2. The van der Waals surface area contributed by atoms with E-state index in [-0.39, 0.29) is 35.3 Å². The number of aromatic hydroxyl groups is 2. The molecule has 3 atom stereocenters. The molecule has 188 valence electrons. The van der Waals surface area contributed by atoms with E-state index in [2.05, 4.69) is 10.6 Å². The van der Waals surface area contributed by atoms with Gasteiger partial charge in [-0.3, -0.25) is 14.4 Å². The van der Waals surface area contributed by atoms with Crippen LogP contribution in [0.4, 0.5) is 0 Å². The second-order valence-electron chi connectivity index (χ2n) is 9.52. The number of amides is 3. The fraction of sp³-hybridized carbons (Fsp3) is 0.400. The van der Waals surface area contributed by atoms with E-state index in [9.17, 15) is 29.7 Å².